The van der Waals surface area contributed by atoms with Crippen LogP contribution in [0.4, 0.5) is 0 Å². The van der Waals surface area contributed by atoms with Crippen LogP contribution in [0, 0.1) is 0 Å². The van der Waals surface area contributed by atoms with Crippen molar-refractivity contribution in [3.8, 4) is 0 Å². The number of aliphatic hydroxyl groups is 8. The Morgan fingerprint density at radius 2 is 0.833 bits per heavy atom. The van der Waals surface area contributed by atoms with Gasteiger partial charge in [0, 0.05) is 6.42 Å². The second-order valence-corrected chi connectivity index (χ2v) is 22.9. The van der Waals surface area contributed by atoms with Gasteiger partial charge in [-0.15, -0.1) is 0 Å². The summed E-state index contributed by atoms with van der Waals surface area (Å²) in [4.78, 5) is 13.3. The lowest BCUT2D eigenvalue weighted by atomic mass is 9.97. The molecule has 0 bridgehead atoms. The molecule has 9 N–H and O–H groups in total. The lowest BCUT2D eigenvalue weighted by Crippen LogP contribution is -2.65. The number of unbranched alkanes of at least 4 members (excludes halogenated alkanes) is 23. The molecule has 0 saturated carbocycles. The molecule has 0 aliphatic carbocycles. The average molecular weight is 1180 g/mol. The van der Waals surface area contributed by atoms with Crippen molar-refractivity contribution in [1.29, 1.82) is 0 Å². The van der Waals surface area contributed by atoms with Crippen molar-refractivity contribution in [2.75, 3.05) is 19.8 Å². The molecule has 0 radical (unpaired) electrons. The van der Waals surface area contributed by atoms with E-state index >= 15 is 0 Å². The minimum Gasteiger partial charge on any atom is -0.394 e. The fraction of sp³-hybridized carbons (Fsp3) is 0.729. The molecule has 0 aromatic heterocycles. The summed E-state index contributed by atoms with van der Waals surface area (Å²) in [5, 5.41) is 87.2. The number of carbonyl (C=O) groups excluding carboxylic acids is 1. The van der Waals surface area contributed by atoms with Crippen LogP contribution in [0.1, 0.15) is 232 Å². The second kappa shape index (κ2) is 53.9. The third-order valence-electron chi connectivity index (χ3n) is 15.4. The normalized spacial score (nSPS) is 24.4. The SMILES string of the molecule is CC/C=C\C/C=C\C/C=C\C/C=C\C/C=C\C/C=C\C/C=C\CCCCCCCCCCCCCC(=O)NC(COC1OC(CO)C(OC2OC(CO)C(O)C(O)C2O)C(O)C1O)C(O)/C=C/CC/C=C/CCCCCCCCCCCCC. The van der Waals surface area contributed by atoms with Gasteiger partial charge in [0.1, 0.15) is 48.8 Å². The first-order valence-electron chi connectivity index (χ1n) is 33.1. The molecule has 14 heteroatoms. The van der Waals surface area contributed by atoms with Gasteiger partial charge in [0.2, 0.25) is 5.91 Å². The summed E-state index contributed by atoms with van der Waals surface area (Å²) in [7, 11) is 0. The van der Waals surface area contributed by atoms with E-state index in [2.05, 4.69) is 116 Å². The topological polar surface area (TPSA) is 228 Å². The predicted octanol–water partition coefficient (Wildman–Crippen LogP) is 12.8. The van der Waals surface area contributed by atoms with Crippen LogP contribution in [0.2, 0.25) is 0 Å². The smallest absolute Gasteiger partial charge is 0.220 e. The zero-order valence-corrected chi connectivity index (χ0v) is 52.1. The molecule has 0 spiro atoms. The van der Waals surface area contributed by atoms with E-state index in [1.54, 1.807) is 6.08 Å². The van der Waals surface area contributed by atoms with Gasteiger partial charge in [0.25, 0.3) is 0 Å². The maximum absolute atomic E-state index is 13.3. The second-order valence-electron chi connectivity index (χ2n) is 22.9. The molecular weight excluding hydrogens is 1060 g/mol. The molecular formula is C70H119NO13. The molecule has 0 aromatic rings. The Balaban J connectivity index is 1.69. The molecule has 2 rings (SSSR count). The highest BCUT2D eigenvalue weighted by molar-refractivity contribution is 5.76. The van der Waals surface area contributed by atoms with Crippen LogP contribution in [-0.2, 0) is 23.7 Å². The van der Waals surface area contributed by atoms with Crippen molar-refractivity contribution >= 4 is 5.91 Å². The van der Waals surface area contributed by atoms with Gasteiger partial charge in [0.05, 0.1) is 32.0 Å². The minimum absolute atomic E-state index is 0.256. The molecule has 2 heterocycles. The fourth-order valence-corrected chi connectivity index (χ4v) is 10.2. The first-order valence-corrected chi connectivity index (χ1v) is 33.1. The zero-order valence-electron chi connectivity index (χ0n) is 52.1. The molecule has 12 unspecified atom stereocenters. The highest BCUT2D eigenvalue weighted by Crippen LogP contribution is 2.30. The number of hydrogen-bond donors (Lipinski definition) is 9. The number of nitrogens with one attached hydrogen (secondary N) is 1. The van der Waals surface area contributed by atoms with Gasteiger partial charge >= 0.3 is 0 Å². The van der Waals surface area contributed by atoms with E-state index in [4.69, 9.17) is 18.9 Å². The third kappa shape index (κ3) is 38.0. The summed E-state index contributed by atoms with van der Waals surface area (Å²) in [6, 6.07) is -0.940. The Kier molecular flexibility index (Phi) is 49.2. The molecule has 2 aliphatic heterocycles. The van der Waals surface area contributed by atoms with Gasteiger partial charge in [-0.25, -0.2) is 0 Å². The van der Waals surface area contributed by atoms with Crippen LogP contribution >= 0.6 is 0 Å². The average Bonchev–Trinajstić information content (AvgIpc) is 3.17. The molecule has 2 fully saturated rings. The van der Waals surface area contributed by atoms with Crippen molar-refractivity contribution in [1.82, 2.24) is 5.32 Å². The van der Waals surface area contributed by atoms with E-state index in [1.807, 2.05) is 6.08 Å². The quantitative estimate of drug-likeness (QED) is 0.0204. The van der Waals surface area contributed by atoms with Gasteiger partial charge < -0.3 is 65.1 Å². The van der Waals surface area contributed by atoms with Crippen LogP contribution in [0.3, 0.4) is 0 Å². The first-order chi connectivity index (χ1) is 41.1. The summed E-state index contributed by atoms with van der Waals surface area (Å²) in [5.74, 6) is -0.256. The highest BCUT2D eigenvalue weighted by atomic mass is 16.7. The van der Waals surface area contributed by atoms with E-state index in [1.165, 1.54) is 116 Å². The molecule has 2 aliphatic rings. The highest BCUT2D eigenvalue weighted by Gasteiger charge is 2.51. The van der Waals surface area contributed by atoms with Gasteiger partial charge in [0.15, 0.2) is 12.6 Å². The minimum atomic E-state index is -1.80. The number of rotatable bonds is 52. The Morgan fingerprint density at radius 1 is 0.440 bits per heavy atom. The van der Waals surface area contributed by atoms with Gasteiger partial charge in [-0.3, -0.25) is 4.79 Å². The van der Waals surface area contributed by atoms with Gasteiger partial charge in [-0.05, 0) is 89.9 Å². The number of carbonyl (C=O) groups is 1. The van der Waals surface area contributed by atoms with E-state index < -0.39 is 86.8 Å². The van der Waals surface area contributed by atoms with Crippen molar-refractivity contribution < 1.29 is 64.6 Å². The number of hydrogen-bond acceptors (Lipinski definition) is 13. The van der Waals surface area contributed by atoms with Crippen LogP contribution in [0.25, 0.3) is 0 Å². The number of allylic oxidation sites excluding steroid dienone is 17. The van der Waals surface area contributed by atoms with Crippen LogP contribution in [0.15, 0.2) is 109 Å². The van der Waals surface area contributed by atoms with Gasteiger partial charge in [-0.1, -0.05) is 245 Å². The maximum Gasteiger partial charge on any atom is 0.220 e. The summed E-state index contributed by atoms with van der Waals surface area (Å²) in [6.07, 6.45) is 59.9. The van der Waals surface area contributed by atoms with E-state index in [-0.39, 0.29) is 18.9 Å². The van der Waals surface area contributed by atoms with Crippen molar-refractivity contribution in [2.45, 2.75) is 306 Å². The third-order valence-corrected chi connectivity index (χ3v) is 15.4. The Labute approximate surface area is 508 Å². The number of amides is 1. The molecule has 84 heavy (non-hydrogen) atoms. The zero-order chi connectivity index (χ0) is 60.9. The van der Waals surface area contributed by atoms with Gasteiger partial charge in [-0.2, -0.15) is 0 Å². The predicted molar refractivity (Wildman–Crippen MR) is 341 cm³/mol. The van der Waals surface area contributed by atoms with Crippen molar-refractivity contribution in [3.63, 3.8) is 0 Å². The number of aliphatic hydroxyl groups excluding tert-OH is 8. The lowest BCUT2D eigenvalue weighted by Gasteiger charge is -2.46. The first kappa shape index (κ1) is 76.7. The molecule has 482 valence electrons. The van der Waals surface area contributed by atoms with Crippen LogP contribution in [-0.4, -0.2) is 140 Å². The monoisotopic (exact) mass is 1180 g/mol. The summed E-state index contributed by atoms with van der Waals surface area (Å²) in [5.41, 5.74) is 0. The maximum atomic E-state index is 13.3. The van der Waals surface area contributed by atoms with E-state index in [0.29, 0.717) is 12.8 Å². The molecule has 1 amide bonds. The lowest BCUT2D eigenvalue weighted by molar-refractivity contribution is -0.359. The Morgan fingerprint density at radius 3 is 1.31 bits per heavy atom. The largest absolute Gasteiger partial charge is 0.394 e. The van der Waals surface area contributed by atoms with Crippen LogP contribution in [0.5, 0.6) is 0 Å². The van der Waals surface area contributed by atoms with E-state index in [9.17, 15) is 45.6 Å². The molecule has 12 atom stereocenters. The fourth-order valence-electron chi connectivity index (χ4n) is 10.2. The summed E-state index contributed by atoms with van der Waals surface area (Å²) >= 11 is 0. The molecule has 2 saturated heterocycles. The standard InChI is InChI=1S/C70H119NO13/c1-3-5-7-9-11-13-15-17-19-21-22-23-24-25-26-27-28-29-30-31-32-33-34-35-36-38-40-42-44-46-48-50-52-54-62(75)71-58(59(74)53-51-49-47-45-43-41-39-37-20-18-16-14-12-10-8-6-4-2)57-81-69-67(80)65(78)68(61(56-73)83-69)84-70-66(79)64(77)63(76)60(55-72)82-70/h5,7,11,13,17,19,22-23,25-26,28-29,31-32,43,45,51,53,58-61,63-70,72-74,76-80H,3-4,6,8-10,12,14-16,18,20-21,24,27,30,33-42,44,46-50,52,54-57H2,1-2H3,(H,71,75)/b7-5-,13-11-,19-17-,23-22-,26-25-,29-28-,32-31-,45-43+,53-51+. The van der Waals surface area contributed by atoms with Crippen molar-refractivity contribution in [3.05, 3.63) is 109 Å². The Bertz CT molecular complexity index is 1820. The molecule has 14 nitrogen and oxygen atoms in total. The van der Waals surface area contributed by atoms with E-state index in [0.717, 1.165) is 83.5 Å². The summed E-state index contributed by atoms with van der Waals surface area (Å²) < 4.78 is 22.8. The van der Waals surface area contributed by atoms with Crippen molar-refractivity contribution in [2.24, 2.45) is 0 Å². The van der Waals surface area contributed by atoms with Crippen LogP contribution < -0.4 is 5.32 Å². The Hall–Kier alpha value is -3.35. The summed E-state index contributed by atoms with van der Waals surface area (Å²) in [6.45, 7) is 2.66. The number of ether oxygens (including phenoxy) is 4. The molecule has 0 aromatic carbocycles.